The number of nitro groups is 1. The summed E-state index contributed by atoms with van der Waals surface area (Å²) < 4.78 is 5.22. The zero-order valence-corrected chi connectivity index (χ0v) is 11.9. The zero-order valence-electron chi connectivity index (χ0n) is 11.1. The quantitative estimate of drug-likeness (QED) is 0.588. The Kier molecular flexibility index (Phi) is 3.49. The Labute approximate surface area is 124 Å². The van der Waals surface area contributed by atoms with Gasteiger partial charge in [-0.15, -0.1) is 0 Å². The van der Waals surface area contributed by atoms with E-state index < -0.39 is 4.92 Å². The molecule has 0 amide bonds. The number of hydrogen-bond donors (Lipinski definition) is 1. The van der Waals surface area contributed by atoms with Crippen LogP contribution in [-0.4, -0.2) is 22.0 Å². The van der Waals surface area contributed by atoms with E-state index in [1.54, 1.807) is 6.07 Å². The largest absolute Gasteiger partial charge is 0.495 e. The average molecular weight is 301 g/mol. The first-order chi connectivity index (χ1) is 10.2. The number of non-ortho nitro benzene ring substituents is 1. The molecule has 0 aliphatic heterocycles. The molecule has 0 aliphatic rings. The lowest BCUT2D eigenvalue weighted by Crippen LogP contribution is -1.91. The average Bonchev–Trinajstić information content (AvgIpc) is 2.89. The molecule has 0 unspecified atom stereocenters. The molecule has 1 heterocycles. The summed E-state index contributed by atoms with van der Waals surface area (Å²) in [5, 5.41) is 11.5. The van der Waals surface area contributed by atoms with Crippen LogP contribution in [0.1, 0.15) is 0 Å². The van der Waals surface area contributed by atoms with Gasteiger partial charge in [0.2, 0.25) is 0 Å². The summed E-state index contributed by atoms with van der Waals surface area (Å²) in [6.45, 7) is 0. The highest BCUT2D eigenvalue weighted by Gasteiger charge is 2.13. The molecule has 0 saturated carbocycles. The molecule has 106 valence electrons. The Morgan fingerprint density at radius 2 is 2.10 bits per heavy atom. The van der Waals surface area contributed by atoms with Gasteiger partial charge in [0.15, 0.2) is 5.16 Å². The van der Waals surface area contributed by atoms with Crippen molar-refractivity contribution in [1.82, 2.24) is 9.97 Å². The fraction of sp³-hybridized carbons (Fsp3) is 0.0714. The smallest absolute Gasteiger partial charge is 0.273 e. The van der Waals surface area contributed by atoms with Crippen LogP contribution in [0.2, 0.25) is 0 Å². The van der Waals surface area contributed by atoms with Crippen LogP contribution >= 0.6 is 11.8 Å². The number of hydrogen-bond acceptors (Lipinski definition) is 5. The first-order valence-corrected chi connectivity index (χ1v) is 6.94. The number of aromatic nitrogens is 2. The summed E-state index contributed by atoms with van der Waals surface area (Å²) in [5.74, 6) is 0.453. The predicted molar refractivity (Wildman–Crippen MR) is 79.9 cm³/mol. The summed E-state index contributed by atoms with van der Waals surface area (Å²) in [6, 6.07) is 12.2. The Morgan fingerprint density at radius 3 is 2.81 bits per heavy atom. The van der Waals surface area contributed by atoms with E-state index in [-0.39, 0.29) is 5.69 Å². The van der Waals surface area contributed by atoms with E-state index in [9.17, 15) is 10.1 Å². The van der Waals surface area contributed by atoms with Crippen molar-refractivity contribution in [3.8, 4) is 5.75 Å². The normalized spacial score (nSPS) is 10.7. The van der Waals surface area contributed by atoms with E-state index >= 15 is 0 Å². The van der Waals surface area contributed by atoms with E-state index in [4.69, 9.17) is 4.74 Å². The van der Waals surface area contributed by atoms with E-state index in [0.717, 1.165) is 15.9 Å². The first kappa shape index (κ1) is 13.4. The molecule has 2 aromatic carbocycles. The number of nitrogens with zero attached hydrogens (tertiary/aromatic N) is 2. The Morgan fingerprint density at radius 1 is 1.29 bits per heavy atom. The minimum atomic E-state index is -0.446. The van der Waals surface area contributed by atoms with Crippen molar-refractivity contribution in [3.05, 3.63) is 52.6 Å². The second kappa shape index (κ2) is 5.45. The molecule has 0 saturated heterocycles. The van der Waals surface area contributed by atoms with Crippen molar-refractivity contribution in [2.45, 2.75) is 10.1 Å². The molecule has 21 heavy (non-hydrogen) atoms. The molecule has 0 bridgehead atoms. The molecule has 0 fully saturated rings. The van der Waals surface area contributed by atoms with Crippen LogP contribution in [0.15, 0.2) is 52.5 Å². The number of imidazole rings is 1. The number of nitrogens with one attached hydrogen (secondary N) is 1. The summed E-state index contributed by atoms with van der Waals surface area (Å²) in [4.78, 5) is 18.8. The maximum Gasteiger partial charge on any atom is 0.273 e. The van der Waals surface area contributed by atoms with E-state index in [1.165, 1.54) is 31.0 Å². The Bertz CT molecular complexity index is 783. The number of methoxy groups -OCH3 is 1. The summed E-state index contributed by atoms with van der Waals surface area (Å²) in [6.07, 6.45) is 0. The van der Waals surface area contributed by atoms with Gasteiger partial charge in [-0.05, 0) is 30.0 Å². The number of ether oxygens (including phenoxy) is 1. The summed E-state index contributed by atoms with van der Waals surface area (Å²) in [7, 11) is 1.49. The standard InChI is InChI=1S/C14H11N3O3S/c1-20-12-8-9(17(18)19)6-7-13(12)21-14-15-10-4-2-3-5-11(10)16-14/h2-8H,1H3,(H,15,16). The van der Waals surface area contributed by atoms with Gasteiger partial charge in [0.05, 0.1) is 34.0 Å². The Hall–Kier alpha value is -2.54. The van der Waals surface area contributed by atoms with Gasteiger partial charge in [-0.25, -0.2) is 4.98 Å². The second-order valence-electron chi connectivity index (χ2n) is 4.25. The topological polar surface area (TPSA) is 81.1 Å². The molecule has 3 aromatic rings. The molecule has 0 aliphatic carbocycles. The number of nitro benzene ring substituents is 1. The van der Waals surface area contributed by atoms with Gasteiger partial charge in [0, 0.05) is 6.07 Å². The van der Waals surface area contributed by atoms with E-state index in [1.807, 2.05) is 24.3 Å². The van der Waals surface area contributed by atoms with Gasteiger partial charge in [0.1, 0.15) is 5.75 Å². The molecule has 1 N–H and O–H groups in total. The third kappa shape index (κ3) is 2.68. The van der Waals surface area contributed by atoms with Crippen LogP contribution < -0.4 is 4.74 Å². The van der Waals surface area contributed by atoms with Gasteiger partial charge in [0.25, 0.3) is 5.69 Å². The van der Waals surface area contributed by atoms with Crippen molar-refractivity contribution >= 4 is 28.5 Å². The molecule has 0 radical (unpaired) electrons. The third-order valence-electron chi connectivity index (χ3n) is 2.93. The van der Waals surface area contributed by atoms with Gasteiger partial charge in [-0.1, -0.05) is 12.1 Å². The molecule has 0 spiro atoms. The maximum atomic E-state index is 10.8. The third-order valence-corrected chi connectivity index (χ3v) is 3.88. The SMILES string of the molecule is COc1cc([N+](=O)[O-])ccc1Sc1nc2ccccc2[nH]1. The fourth-order valence-electron chi connectivity index (χ4n) is 1.94. The molecule has 6 nitrogen and oxygen atoms in total. The van der Waals surface area contributed by atoms with Crippen LogP contribution in [-0.2, 0) is 0 Å². The number of fused-ring (bicyclic) bond motifs is 1. The highest BCUT2D eigenvalue weighted by Crippen LogP contribution is 2.36. The lowest BCUT2D eigenvalue weighted by Gasteiger charge is -2.05. The van der Waals surface area contributed by atoms with Crippen molar-refractivity contribution in [3.63, 3.8) is 0 Å². The Balaban J connectivity index is 1.95. The molecular weight excluding hydrogens is 290 g/mol. The maximum absolute atomic E-state index is 10.8. The summed E-state index contributed by atoms with van der Waals surface area (Å²) >= 11 is 1.37. The number of benzene rings is 2. The minimum absolute atomic E-state index is 0.000746. The highest BCUT2D eigenvalue weighted by molar-refractivity contribution is 7.99. The highest BCUT2D eigenvalue weighted by atomic mass is 32.2. The minimum Gasteiger partial charge on any atom is -0.495 e. The van der Waals surface area contributed by atoms with Crippen molar-refractivity contribution in [2.75, 3.05) is 7.11 Å². The van der Waals surface area contributed by atoms with E-state index in [2.05, 4.69) is 9.97 Å². The van der Waals surface area contributed by atoms with Gasteiger partial charge in [-0.3, -0.25) is 10.1 Å². The predicted octanol–water partition coefficient (Wildman–Crippen LogP) is 3.63. The number of H-pyrrole nitrogens is 1. The van der Waals surface area contributed by atoms with Crippen LogP contribution in [0.5, 0.6) is 5.75 Å². The van der Waals surface area contributed by atoms with Crippen LogP contribution in [0.4, 0.5) is 5.69 Å². The summed E-state index contributed by atoms with van der Waals surface area (Å²) in [5.41, 5.74) is 1.82. The molecule has 7 heteroatoms. The monoisotopic (exact) mass is 301 g/mol. The van der Waals surface area contributed by atoms with Crippen LogP contribution in [0.3, 0.4) is 0 Å². The van der Waals surface area contributed by atoms with Crippen molar-refractivity contribution in [1.29, 1.82) is 0 Å². The first-order valence-electron chi connectivity index (χ1n) is 6.12. The van der Waals surface area contributed by atoms with Gasteiger partial charge >= 0.3 is 0 Å². The molecular formula is C14H11N3O3S. The number of aromatic amines is 1. The van der Waals surface area contributed by atoms with Crippen molar-refractivity contribution < 1.29 is 9.66 Å². The molecule has 1 aromatic heterocycles. The van der Waals surface area contributed by atoms with Crippen molar-refractivity contribution in [2.24, 2.45) is 0 Å². The zero-order chi connectivity index (χ0) is 14.8. The lowest BCUT2D eigenvalue weighted by atomic mass is 10.3. The fourth-order valence-corrected chi connectivity index (χ4v) is 2.83. The van der Waals surface area contributed by atoms with E-state index in [0.29, 0.717) is 10.9 Å². The van der Waals surface area contributed by atoms with Crippen LogP contribution in [0.25, 0.3) is 11.0 Å². The molecule has 0 atom stereocenters. The van der Waals surface area contributed by atoms with Gasteiger partial charge in [-0.2, -0.15) is 0 Å². The number of para-hydroxylation sites is 2. The molecule has 3 rings (SSSR count). The van der Waals surface area contributed by atoms with Gasteiger partial charge < -0.3 is 9.72 Å². The lowest BCUT2D eigenvalue weighted by molar-refractivity contribution is -0.385. The number of rotatable bonds is 4. The second-order valence-corrected chi connectivity index (χ2v) is 5.28. The van der Waals surface area contributed by atoms with Crippen LogP contribution in [0, 0.1) is 10.1 Å².